The molecule has 4 nitrogen and oxygen atoms in total. The van der Waals surface area contributed by atoms with E-state index in [0.29, 0.717) is 18.8 Å². The van der Waals surface area contributed by atoms with Crippen LogP contribution in [0, 0.1) is 23.2 Å². The third-order valence-electron chi connectivity index (χ3n) is 2.53. The van der Waals surface area contributed by atoms with Crippen molar-refractivity contribution in [3.8, 4) is 6.07 Å². The van der Waals surface area contributed by atoms with E-state index in [1.807, 2.05) is 6.92 Å². The van der Waals surface area contributed by atoms with E-state index in [9.17, 15) is 9.59 Å². The van der Waals surface area contributed by atoms with E-state index in [-0.39, 0.29) is 51.4 Å². The van der Waals surface area contributed by atoms with E-state index in [2.05, 4.69) is 6.92 Å². The van der Waals surface area contributed by atoms with Crippen LogP contribution in [0.5, 0.6) is 0 Å². The summed E-state index contributed by atoms with van der Waals surface area (Å²) in [5, 5.41) is 8.48. The second-order valence-electron chi connectivity index (χ2n) is 3.79. The SMILES string of the molecule is CCCCC(CC)COC(=O)C(C#N)C=O.[KH]. The second kappa shape index (κ2) is 12.7. The van der Waals surface area contributed by atoms with Gasteiger partial charge in [-0.2, -0.15) is 5.26 Å². The molecule has 17 heavy (non-hydrogen) atoms. The molecule has 0 rings (SSSR count). The molecule has 0 amide bonds. The van der Waals surface area contributed by atoms with Crippen molar-refractivity contribution in [2.24, 2.45) is 11.8 Å². The normalized spacial score (nSPS) is 12.8. The van der Waals surface area contributed by atoms with E-state index in [1.54, 1.807) is 6.07 Å². The summed E-state index contributed by atoms with van der Waals surface area (Å²) in [5.41, 5.74) is 0. The number of rotatable bonds is 8. The van der Waals surface area contributed by atoms with Gasteiger partial charge in [-0.3, -0.25) is 4.79 Å². The van der Waals surface area contributed by atoms with Crippen molar-refractivity contribution >= 4 is 63.6 Å². The fourth-order valence-electron chi connectivity index (χ4n) is 1.33. The first kappa shape index (κ1) is 19.6. The molecule has 0 N–H and O–H groups in total. The molecular formula is C12H20KNO3. The monoisotopic (exact) mass is 265 g/mol. The number of carbonyl (C=O) groups excluding carboxylic acids is 2. The quantitative estimate of drug-likeness (QED) is 0.288. The molecule has 0 aromatic rings. The molecule has 2 unspecified atom stereocenters. The van der Waals surface area contributed by atoms with Crippen LogP contribution in [0.4, 0.5) is 0 Å². The van der Waals surface area contributed by atoms with Gasteiger partial charge in [0.05, 0.1) is 12.7 Å². The number of nitriles is 1. The first-order valence-electron chi connectivity index (χ1n) is 5.71. The Bertz CT molecular complexity index is 263. The Hall–Kier alpha value is 0.266. The first-order valence-corrected chi connectivity index (χ1v) is 5.71. The molecule has 0 radical (unpaired) electrons. The van der Waals surface area contributed by atoms with Gasteiger partial charge in [0.15, 0.2) is 5.92 Å². The predicted octanol–water partition coefficient (Wildman–Crippen LogP) is 1.44. The van der Waals surface area contributed by atoms with Crippen LogP contribution in [0.3, 0.4) is 0 Å². The van der Waals surface area contributed by atoms with Crippen molar-refractivity contribution in [3.63, 3.8) is 0 Å². The molecule has 0 saturated carbocycles. The number of nitrogens with zero attached hydrogens (tertiary/aromatic N) is 1. The summed E-state index contributed by atoms with van der Waals surface area (Å²) < 4.78 is 4.94. The van der Waals surface area contributed by atoms with Gasteiger partial charge in [-0.15, -0.1) is 0 Å². The maximum atomic E-state index is 11.2. The molecule has 0 heterocycles. The molecule has 0 bridgehead atoms. The van der Waals surface area contributed by atoms with Crippen LogP contribution in [-0.4, -0.2) is 70.2 Å². The molecular weight excluding hydrogens is 245 g/mol. The van der Waals surface area contributed by atoms with E-state index in [4.69, 9.17) is 10.00 Å². The predicted molar refractivity (Wildman–Crippen MR) is 66.6 cm³/mol. The van der Waals surface area contributed by atoms with E-state index < -0.39 is 11.9 Å². The molecule has 0 aliphatic heterocycles. The van der Waals surface area contributed by atoms with Gasteiger partial charge in [-0.1, -0.05) is 33.1 Å². The van der Waals surface area contributed by atoms with Crippen molar-refractivity contribution < 1.29 is 14.3 Å². The van der Waals surface area contributed by atoms with Gasteiger partial charge >= 0.3 is 57.4 Å². The number of hydrogen-bond donors (Lipinski definition) is 0. The minimum atomic E-state index is -1.27. The zero-order valence-corrected chi connectivity index (χ0v) is 9.94. The van der Waals surface area contributed by atoms with E-state index in [1.165, 1.54) is 0 Å². The van der Waals surface area contributed by atoms with Crippen molar-refractivity contribution in [1.29, 1.82) is 5.26 Å². The van der Waals surface area contributed by atoms with Crippen LogP contribution in [0.15, 0.2) is 0 Å². The molecule has 5 heteroatoms. The summed E-state index contributed by atoms with van der Waals surface area (Å²) in [7, 11) is 0. The van der Waals surface area contributed by atoms with Crippen molar-refractivity contribution in [1.82, 2.24) is 0 Å². The molecule has 0 aliphatic rings. The van der Waals surface area contributed by atoms with Crippen LogP contribution in [0.1, 0.15) is 39.5 Å². The molecule has 0 aromatic carbocycles. The molecule has 0 fully saturated rings. The summed E-state index contributed by atoms with van der Waals surface area (Å²) in [6.07, 6.45) is 4.48. The zero-order valence-electron chi connectivity index (χ0n) is 9.94. The van der Waals surface area contributed by atoms with Crippen molar-refractivity contribution in [3.05, 3.63) is 0 Å². The van der Waals surface area contributed by atoms with Crippen molar-refractivity contribution in [2.75, 3.05) is 6.61 Å². The second-order valence-corrected chi connectivity index (χ2v) is 3.79. The minimum absolute atomic E-state index is 0. The third-order valence-corrected chi connectivity index (χ3v) is 2.53. The molecule has 0 aromatic heterocycles. The van der Waals surface area contributed by atoms with Gasteiger partial charge in [0, 0.05) is 0 Å². The molecule has 2 atom stereocenters. The maximum absolute atomic E-state index is 11.2. The fourth-order valence-corrected chi connectivity index (χ4v) is 1.33. The van der Waals surface area contributed by atoms with Gasteiger partial charge in [0.1, 0.15) is 6.29 Å². The average Bonchev–Trinajstić information content (AvgIpc) is 2.31. The van der Waals surface area contributed by atoms with E-state index in [0.717, 1.165) is 25.7 Å². The summed E-state index contributed by atoms with van der Waals surface area (Å²) >= 11 is 0. The Labute approximate surface area is 146 Å². The van der Waals surface area contributed by atoms with Crippen LogP contribution in [0.2, 0.25) is 0 Å². The van der Waals surface area contributed by atoms with Crippen molar-refractivity contribution in [2.45, 2.75) is 39.5 Å². The number of carbonyl (C=O) groups is 2. The average molecular weight is 265 g/mol. The Kier molecular flexibility index (Phi) is 14.7. The number of unbranched alkanes of at least 4 members (excludes halogenated alkanes) is 1. The van der Waals surface area contributed by atoms with Crippen LogP contribution < -0.4 is 0 Å². The Morgan fingerprint density at radius 2 is 2.12 bits per heavy atom. The zero-order chi connectivity index (χ0) is 12.4. The molecule has 0 aliphatic carbocycles. The van der Waals surface area contributed by atoms with Gasteiger partial charge in [-0.05, 0) is 12.3 Å². The van der Waals surface area contributed by atoms with Crippen LogP contribution in [0.25, 0.3) is 0 Å². The van der Waals surface area contributed by atoms with Crippen LogP contribution >= 0.6 is 0 Å². The Morgan fingerprint density at radius 1 is 1.47 bits per heavy atom. The number of ether oxygens (including phenoxy) is 1. The third kappa shape index (κ3) is 8.92. The number of hydrogen-bond acceptors (Lipinski definition) is 4. The number of aldehydes is 1. The Balaban J connectivity index is 0. The summed E-state index contributed by atoms with van der Waals surface area (Å²) in [6.45, 7) is 4.45. The van der Waals surface area contributed by atoms with Crippen LogP contribution in [-0.2, 0) is 14.3 Å². The fraction of sp³-hybridized carbons (Fsp3) is 0.750. The summed E-state index contributed by atoms with van der Waals surface area (Å²) in [6, 6.07) is 1.59. The van der Waals surface area contributed by atoms with Gasteiger partial charge in [0.2, 0.25) is 0 Å². The Morgan fingerprint density at radius 3 is 2.53 bits per heavy atom. The standard InChI is InChI=1S/C12H19NO3.K.H/c1-3-5-6-10(4-2)9-16-12(15)11(7-13)8-14;;/h8,10-11H,3-6,9H2,1-2H3;;. The first-order chi connectivity index (χ1) is 7.69. The molecule has 0 saturated heterocycles. The van der Waals surface area contributed by atoms with Gasteiger partial charge in [-0.25, -0.2) is 0 Å². The molecule has 92 valence electrons. The van der Waals surface area contributed by atoms with E-state index >= 15 is 0 Å². The van der Waals surface area contributed by atoms with Gasteiger partial charge < -0.3 is 9.53 Å². The summed E-state index contributed by atoms with van der Waals surface area (Å²) in [4.78, 5) is 21.6. The topological polar surface area (TPSA) is 67.2 Å². The number of esters is 1. The molecule has 0 spiro atoms. The van der Waals surface area contributed by atoms with Gasteiger partial charge in [0.25, 0.3) is 0 Å². The summed E-state index contributed by atoms with van der Waals surface area (Å²) in [5.74, 6) is -1.67.